The highest BCUT2D eigenvalue weighted by Crippen LogP contribution is 2.31. The van der Waals surface area contributed by atoms with Crippen LogP contribution >= 0.6 is 0 Å². The van der Waals surface area contributed by atoms with E-state index in [2.05, 4.69) is 15.3 Å². The van der Waals surface area contributed by atoms with E-state index in [-0.39, 0.29) is 0 Å². The molecule has 1 heterocycles. The maximum atomic E-state index is 9.26. The van der Waals surface area contributed by atoms with Gasteiger partial charge in [-0.15, -0.1) is 0 Å². The van der Waals surface area contributed by atoms with Gasteiger partial charge in [0.25, 0.3) is 0 Å². The SMILES string of the molecule is Cc1cc(C)nc(NCC2CCCC2CO)n1. The minimum atomic E-state index is 0.306. The van der Waals surface area contributed by atoms with Crippen molar-refractivity contribution in [2.45, 2.75) is 33.1 Å². The molecule has 0 spiro atoms. The van der Waals surface area contributed by atoms with E-state index in [4.69, 9.17) is 0 Å². The van der Waals surface area contributed by atoms with Gasteiger partial charge in [-0.3, -0.25) is 0 Å². The van der Waals surface area contributed by atoms with Crippen molar-refractivity contribution in [1.29, 1.82) is 0 Å². The average Bonchev–Trinajstić information content (AvgIpc) is 2.72. The van der Waals surface area contributed by atoms with E-state index in [1.165, 1.54) is 12.8 Å². The topological polar surface area (TPSA) is 58.0 Å². The minimum absolute atomic E-state index is 0.306. The highest BCUT2D eigenvalue weighted by Gasteiger charge is 2.26. The van der Waals surface area contributed by atoms with E-state index in [0.717, 1.165) is 24.4 Å². The lowest BCUT2D eigenvalue weighted by atomic mass is 9.97. The molecule has 4 heteroatoms. The molecule has 17 heavy (non-hydrogen) atoms. The van der Waals surface area contributed by atoms with Gasteiger partial charge < -0.3 is 10.4 Å². The summed E-state index contributed by atoms with van der Waals surface area (Å²) in [4.78, 5) is 8.72. The van der Waals surface area contributed by atoms with Crippen molar-refractivity contribution in [1.82, 2.24) is 9.97 Å². The van der Waals surface area contributed by atoms with Crippen molar-refractivity contribution in [3.05, 3.63) is 17.5 Å². The van der Waals surface area contributed by atoms with Gasteiger partial charge in [0, 0.05) is 24.5 Å². The molecule has 1 aliphatic rings. The maximum absolute atomic E-state index is 9.26. The number of aliphatic hydroxyl groups is 1. The molecule has 0 aliphatic heterocycles. The third-order valence-electron chi connectivity index (χ3n) is 3.56. The number of anilines is 1. The van der Waals surface area contributed by atoms with Gasteiger partial charge in [-0.2, -0.15) is 0 Å². The van der Waals surface area contributed by atoms with Gasteiger partial charge in [-0.1, -0.05) is 6.42 Å². The van der Waals surface area contributed by atoms with Crippen LogP contribution in [-0.2, 0) is 0 Å². The van der Waals surface area contributed by atoms with Crippen molar-refractivity contribution in [3.8, 4) is 0 Å². The van der Waals surface area contributed by atoms with Crippen LogP contribution in [0.2, 0.25) is 0 Å². The molecule has 0 bridgehead atoms. The van der Waals surface area contributed by atoms with Crippen molar-refractivity contribution < 1.29 is 5.11 Å². The van der Waals surface area contributed by atoms with Gasteiger partial charge in [0.05, 0.1) is 0 Å². The largest absolute Gasteiger partial charge is 0.396 e. The molecule has 2 N–H and O–H groups in total. The summed E-state index contributed by atoms with van der Waals surface area (Å²) in [6.45, 7) is 5.13. The summed E-state index contributed by atoms with van der Waals surface area (Å²) in [7, 11) is 0. The Hall–Kier alpha value is -1.16. The Balaban J connectivity index is 1.93. The van der Waals surface area contributed by atoms with E-state index in [1.807, 2.05) is 19.9 Å². The molecule has 1 fully saturated rings. The van der Waals surface area contributed by atoms with E-state index in [9.17, 15) is 5.11 Å². The quantitative estimate of drug-likeness (QED) is 0.837. The zero-order chi connectivity index (χ0) is 12.3. The fourth-order valence-corrected chi connectivity index (χ4v) is 2.65. The second-order valence-electron chi connectivity index (χ2n) is 4.99. The molecular weight excluding hydrogens is 214 g/mol. The fourth-order valence-electron chi connectivity index (χ4n) is 2.65. The summed E-state index contributed by atoms with van der Waals surface area (Å²) in [5.41, 5.74) is 1.98. The van der Waals surface area contributed by atoms with Crippen LogP contribution < -0.4 is 5.32 Å². The summed E-state index contributed by atoms with van der Waals surface area (Å²) in [5.74, 6) is 1.73. The number of aromatic nitrogens is 2. The Morgan fingerprint density at radius 3 is 2.53 bits per heavy atom. The molecule has 94 valence electrons. The van der Waals surface area contributed by atoms with Crippen LogP contribution in [0.1, 0.15) is 30.7 Å². The number of hydrogen-bond acceptors (Lipinski definition) is 4. The minimum Gasteiger partial charge on any atom is -0.396 e. The van der Waals surface area contributed by atoms with E-state index < -0.39 is 0 Å². The second-order valence-corrected chi connectivity index (χ2v) is 4.99. The van der Waals surface area contributed by atoms with Gasteiger partial charge >= 0.3 is 0 Å². The zero-order valence-electron chi connectivity index (χ0n) is 10.6. The van der Waals surface area contributed by atoms with Gasteiger partial charge in [-0.25, -0.2) is 9.97 Å². The first kappa shape index (κ1) is 12.3. The zero-order valence-corrected chi connectivity index (χ0v) is 10.6. The first-order valence-corrected chi connectivity index (χ1v) is 6.36. The molecule has 1 aromatic rings. The average molecular weight is 235 g/mol. The summed E-state index contributed by atoms with van der Waals surface area (Å²) in [6, 6.07) is 1.97. The number of nitrogens with zero attached hydrogens (tertiary/aromatic N) is 2. The molecule has 2 atom stereocenters. The monoisotopic (exact) mass is 235 g/mol. The Bertz CT molecular complexity index is 361. The smallest absolute Gasteiger partial charge is 0.223 e. The van der Waals surface area contributed by atoms with E-state index in [1.54, 1.807) is 0 Å². The molecule has 1 aromatic heterocycles. The summed E-state index contributed by atoms with van der Waals surface area (Å²) < 4.78 is 0. The molecule has 1 saturated carbocycles. The molecule has 0 aromatic carbocycles. The van der Waals surface area contributed by atoms with Crippen LogP contribution in [0.15, 0.2) is 6.07 Å². The summed E-state index contributed by atoms with van der Waals surface area (Å²) >= 11 is 0. The van der Waals surface area contributed by atoms with Crippen LogP contribution in [-0.4, -0.2) is 28.2 Å². The molecule has 2 rings (SSSR count). The number of nitrogens with one attached hydrogen (secondary N) is 1. The molecule has 0 saturated heterocycles. The Morgan fingerprint density at radius 2 is 1.88 bits per heavy atom. The standard InChI is InChI=1S/C13H21N3O/c1-9-6-10(2)16-13(15-9)14-7-11-4-3-5-12(11)8-17/h6,11-12,17H,3-5,7-8H2,1-2H3,(H,14,15,16). The van der Waals surface area contributed by atoms with Crippen molar-refractivity contribution >= 4 is 5.95 Å². The molecule has 2 unspecified atom stereocenters. The Kier molecular flexibility index (Phi) is 3.94. The second kappa shape index (κ2) is 5.45. The fraction of sp³-hybridized carbons (Fsp3) is 0.692. The summed E-state index contributed by atoms with van der Waals surface area (Å²) in [5, 5.41) is 12.6. The normalized spacial score (nSPS) is 23.9. The third-order valence-corrected chi connectivity index (χ3v) is 3.56. The number of aliphatic hydroxyl groups excluding tert-OH is 1. The Labute approximate surface area is 102 Å². The molecule has 0 radical (unpaired) electrons. The van der Waals surface area contributed by atoms with Gasteiger partial charge in [0.1, 0.15) is 0 Å². The molecule has 0 amide bonds. The molecular formula is C13H21N3O. The maximum Gasteiger partial charge on any atom is 0.223 e. The van der Waals surface area contributed by atoms with Gasteiger partial charge in [-0.05, 0) is 44.6 Å². The van der Waals surface area contributed by atoms with Crippen LogP contribution in [0.5, 0.6) is 0 Å². The lowest BCUT2D eigenvalue weighted by Gasteiger charge is -2.17. The van der Waals surface area contributed by atoms with Crippen LogP contribution in [0, 0.1) is 25.7 Å². The molecule has 1 aliphatic carbocycles. The van der Waals surface area contributed by atoms with Crippen molar-refractivity contribution in [2.75, 3.05) is 18.5 Å². The van der Waals surface area contributed by atoms with E-state index >= 15 is 0 Å². The highest BCUT2D eigenvalue weighted by molar-refractivity contribution is 5.27. The lowest BCUT2D eigenvalue weighted by Crippen LogP contribution is -2.21. The van der Waals surface area contributed by atoms with Crippen molar-refractivity contribution in [2.24, 2.45) is 11.8 Å². The van der Waals surface area contributed by atoms with Crippen LogP contribution in [0.25, 0.3) is 0 Å². The number of aryl methyl sites for hydroxylation is 2. The van der Waals surface area contributed by atoms with Gasteiger partial charge in [0.15, 0.2) is 0 Å². The number of rotatable bonds is 4. The van der Waals surface area contributed by atoms with Crippen molar-refractivity contribution in [3.63, 3.8) is 0 Å². The Morgan fingerprint density at radius 1 is 1.24 bits per heavy atom. The first-order valence-electron chi connectivity index (χ1n) is 6.36. The van der Waals surface area contributed by atoms with Crippen LogP contribution in [0.4, 0.5) is 5.95 Å². The molecule has 4 nitrogen and oxygen atoms in total. The predicted molar refractivity (Wildman–Crippen MR) is 67.9 cm³/mol. The third kappa shape index (κ3) is 3.16. The van der Waals surface area contributed by atoms with E-state index in [0.29, 0.717) is 24.4 Å². The lowest BCUT2D eigenvalue weighted by molar-refractivity contribution is 0.199. The van der Waals surface area contributed by atoms with Gasteiger partial charge in [0.2, 0.25) is 5.95 Å². The van der Waals surface area contributed by atoms with Crippen LogP contribution in [0.3, 0.4) is 0 Å². The highest BCUT2D eigenvalue weighted by atomic mass is 16.3. The number of hydrogen-bond donors (Lipinski definition) is 2. The first-order chi connectivity index (χ1) is 8.19. The summed E-state index contributed by atoms with van der Waals surface area (Å²) in [6.07, 6.45) is 3.57. The predicted octanol–water partition coefficient (Wildman–Crippen LogP) is 1.91.